The number of piperidine rings is 1. The number of aryl methyl sites for hydroxylation is 1. The van der Waals surface area contributed by atoms with Gasteiger partial charge in [0, 0.05) is 41.9 Å². The highest BCUT2D eigenvalue weighted by Gasteiger charge is 2.21. The quantitative estimate of drug-likeness (QED) is 0.432. The number of nitrogens with one attached hydrogen (secondary N) is 2. The van der Waals surface area contributed by atoms with Gasteiger partial charge in [-0.05, 0) is 91.4 Å². The molecule has 10 heteroatoms. The van der Waals surface area contributed by atoms with Gasteiger partial charge in [-0.25, -0.2) is 13.9 Å². The third-order valence-electron chi connectivity index (χ3n) is 6.33. The second kappa shape index (κ2) is 11.7. The van der Waals surface area contributed by atoms with E-state index in [4.69, 9.17) is 0 Å². The lowest BCUT2D eigenvalue weighted by molar-refractivity contribution is 0.168. The number of amides is 2. The summed E-state index contributed by atoms with van der Waals surface area (Å²) in [5.41, 5.74) is 2.65. The van der Waals surface area contributed by atoms with Gasteiger partial charge >= 0.3 is 6.03 Å². The van der Waals surface area contributed by atoms with E-state index in [-0.39, 0.29) is 17.9 Å². The van der Waals surface area contributed by atoms with Crippen molar-refractivity contribution in [3.8, 4) is 11.4 Å². The predicted octanol–water partition coefficient (Wildman–Crippen LogP) is 4.63. The van der Waals surface area contributed by atoms with Gasteiger partial charge in [-0.3, -0.25) is 0 Å². The first-order valence-corrected chi connectivity index (χ1v) is 12.7. The first kappa shape index (κ1) is 25.2. The van der Waals surface area contributed by atoms with E-state index in [0.717, 1.165) is 42.5 Å². The molecule has 2 heterocycles. The van der Waals surface area contributed by atoms with Crippen molar-refractivity contribution in [3.05, 3.63) is 58.3 Å². The Hall–Kier alpha value is -2.85. The van der Waals surface area contributed by atoms with Crippen LogP contribution in [0, 0.1) is 11.7 Å². The Balaban J connectivity index is 1.24. The predicted molar refractivity (Wildman–Crippen MR) is 137 cm³/mol. The summed E-state index contributed by atoms with van der Waals surface area (Å²) in [6.45, 7) is 5.07. The van der Waals surface area contributed by atoms with Gasteiger partial charge in [-0.15, -0.1) is 5.10 Å². The zero-order valence-corrected chi connectivity index (χ0v) is 21.6. The number of anilines is 1. The summed E-state index contributed by atoms with van der Waals surface area (Å²) < 4.78 is 15.6. The van der Waals surface area contributed by atoms with Crippen LogP contribution in [0.3, 0.4) is 0 Å². The molecule has 1 aliphatic rings. The van der Waals surface area contributed by atoms with Gasteiger partial charge in [0.25, 0.3) is 0 Å². The molecule has 2 aromatic carbocycles. The molecule has 0 saturated carbocycles. The number of rotatable bonds is 8. The lowest BCUT2D eigenvalue weighted by Gasteiger charge is -2.33. The maximum Gasteiger partial charge on any atom is 0.319 e. The topological polar surface area (TPSA) is 88.0 Å². The standard InChI is InChI=1S/C25H31BrFN7O/c1-17(9-11-34-10-3-4-19(16-34)12-18-5-7-22(27)8-6-18)28-25(35)29-23-14-20(13-21(26)15-23)24-30-31-32-33(24)2/h5-8,13-15,17,19H,3-4,9-12,16H2,1-2H3,(H2,28,29,35)/t17-,19+/m1/s1. The van der Waals surface area contributed by atoms with Gasteiger partial charge in [0.05, 0.1) is 0 Å². The van der Waals surface area contributed by atoms with Gasteiger partial charge in [0.2, 0.25) is 0 Å². The number of nitrogens with zero attached hydrogens (tertiary/aromatic N) is 5. The summed E-state index contributed by atoms with van der Waals surface area (Å²) >= 11 is 3.49. The molecule has 2 amide bonds. The Morgan fingerprint density at radius 2 is 2.06 bits per heavy atom. The Kier molecular flexibility index (Phi) is 8.46. The van der Waals surface area contributed by atoms with Crippen LogP contribution in [0.25, 0.3) is 11.4 Å². The molecule has 35 heavy (non-hydrogen) atoms. The first-order valence-electron chi connectivity index (χ1n) is 11.9. The molecule has 0 radical (unpaired) electrons. The average molecular weight is 544 g/mol. The fourth-order valence-electron chi connectivity index (χ4n) is 4.58. The number of urea groups is 1. The van der Waals surface area contributed by atoms with Crippen LogP contribution in [0.2, 0.25) is 0 Å². The molecule has 3 aromatic rings. The fourth-order valence-corrected chi connectivity index (χ4v) is 5.07. The van der Waals surface area contributed by atoms with Crippen molar-refractivity contribution in [2.75, 3.05) is 25.0 Å². The third-order valence-corrected chi connectivity index (χ3v) is 6.79. The second-order valence-electron chi connectivity index (χ2n) is 9.28. The van der Waals surface area contributed by atoms with E-state index in [9.17, 15) is 9.18 Å². The van der Waals surface area contributed by atoms with Crippen LogP contribution in [0.4, 0.5) is 14.9 Å². The molecule has 0 bridgehead atoms. The Morgan fingerprint density at radius 3 is 2.80 bits per heavy atom. The molecule has 0 aliphatic carbocycles. The van der Waals surface area contributed by atoms with Crippen molar-refractivity contribution >= 4 is 27.6 Å². The molecule has 1 aliphatic heterocycles. The Bertz CT molecular complexity index is 1140. The molecule has 1 fully saturated rings. The van der Waals surface area contributed by atoms with Crippen LogP contribution in [-0.4, -0.2) is 56.8 Å². The molecule has 0 spiro atoms. The first-order chi connectivity index (χ1) is 16.9. The number of hydrogen-bond donors (Lipinski definition) is 2. The van der Waals surface area contributed by atoms with Gasteiger partial charge in [-0.2, -0.15) is 0 Å². The molecule has 8 nitrogen and oxygen atoms in total. The van der Waals surface area contributed by atoms with Crippen LogP contribution in [0.1, 0.15) is 31.7 Å². The SMILES string of the molecule is C[C@H](CCN1CCC[C@@H](Cc2ccc(F)cc2)C1)NC(=O)Nc1cc(Br)cc(-c2nnnn2C)c1. The minimum Gasteiger partial charge on any atom is -0.335 e. The zero-order valence-electron chi connectivity index (χ0n) is 20.0. The summed E-state index contributed by atoms with van der Waals surface area (Å²) in [5, 5.41) is 17.5. The summed E-state index contributed by atoms with van der Waals surface area (Å²) in [4.78, 5) is 15.1. The van der Waals surface area contributed by atoms with Crippen molar-refractivity contribution < 1.29 is 9.18 Å². The van der Waals surface area contributed by atoms with Crippen LogP contribution in [-0.2, 0) is 13.5 Å². The fraction of sp³-hybridized carbons (Fsp3) is 0.440. The van der Waals surface area contributed by atoms with E-state index in [0.29, 0.717) is 17.4 Å². The monoisotopic (exact) mass is 543 g/mol. The number of carbonyl (C=O) groups excluding carboxylic acids is 1. The Labute approximate surface area is 213 Å². The van der Waals surface area contributed by atoms with E-state index in [2.05, 4.69) is 47.0 Å². The van der Waals surface area contributed by atoms with Crippen molar-refractivity contribution in [3.63, 3.8) is 0 Å². The van der Waals surface area contributed by atoms with Crippen LogP contribution in [0.15, 0.2) is 46.9 Å². The highest BCUT2D eigenvalue weighted by Crippen LogP contribution is 2.26. The van der Waals surface area contributed by atoms with Gasteiger partial charge in [0.1, 0.15) is 5.82 Å². The lowest BCUT2D eigenvalue weighted by atomic mass is 9.91. The molecule has 1 saturated heterocycles. The number of aromatic nitrogens is 4. The number of likely N-dealkylation sites (tertiary alicyclic amines) is 1. The normalized spacial score (nSPS) is 17.2. The number of halogens is 2. The summed E-state index contributed by atoms with van der Waals surface area (Å²) in [6, 6.07) is 12.2. The smallest absolute Gasteiger partial charge is 0.319 e. The maximum atomic E-state index is 13.2. The molecule has 186 valence electrons. The minimum absolute atomic E-state index is 0.0297. The van der Waals surface area contributed by atoms with Crippen LogP contribution < -0.4 is 10.6 Å². The molecule has 2 atom stereocenters. The second-order valence-corrected chi connectivity index (χ2v) is 10.2. The van der Waals surface area contributed by atoms with Crippen LogP contribution in [0.5, 0.6) is 0 Å². The Morgan fingerprint density at radius 1 is 1.26 bits per heavy atom. The third kappa shape index (κ3) is 7.32. The van der Waals surface area contributed by atoms with E-state index in [1.165, 1.54) is 30.5 Å². The minimum atomic E-state index is -0.245. The maximum absolute atomic E-state index is 13.2. The van der Waals surface area contributed by atoms with Crippen molar-refractivity contribution in [1.29, 1.82) is 0 Å². The van der Waals surface area contributed by atoms with E-state index in [1.54, 1.807) is 11.7 Å². The number of benzene rings is 2. The molecular formula is C25H31BrFN7O. The van der Waals surface area contributed by atoms with Gasteiger partial charge < -0.3 is 15.5 Å². The summed E-state index contributed by atoms with van der Waals surface area (Å²) in [5.74, 6) is 1.01. The van der Waals surface area contributed by atoms with Gasteiger partial charge in [0.15, 0.2) is 5.82 Å². The molecular weight excluding hydrogens is 513 g/mol. The van der Waals surface area contributed by atoms with Crippen molar-refractivity contribution in [2.24, 2.45) is 13.0 Å². The summed E-state index contributed by atoms with van der Waals surface area (Å²) in [6.07, 6.45) is 4.21. The highest BCUT2D eigenvalue weighted by molar-refractivity contribution is 9.10. The molecule has 4 rings (SSSR count). The number of tetrazole rings is 1. The van der Waals surface area contributed by atoms with Crippen molar-refractivity contribution in [1.82, 2.24) is 30.4 Å². The summed E-state index contributed by atoms with van der Waals surface area (Å²) in [7, 11) is 1.77. The van der Waals surface area contributed by atoms with Crippen LogP contribution >= 0.6 is 15.9 Å². The van der Waals surface area contributed by atoms with E-state index < -0.39 is 0 Å². The zero-order chi connectivity index (χ0) is 24.8. The van der Waals surface area contributed by atoms with E-state index in [1.807, 2.05) is 37.3 Å². The van der Waals surface area contributed by atoms with Gasteiger partial charge in [-0.1, -0.05) is 28.1 Å². The average Bonchev–Trinajstić information content (AvgIpc) is 3.25. The molecule has 1 aromatic heterocycles. The number of carbonyl (C=O) groups is 1. The highest BCUT2D eigenvalue weighted by atomic mass is 79.9. The molecule has 2 N–H and O–H groups in total. The molecule has 0 unspecified atom stereocenters. The van der Waals surface area contributed by atoms with E-state index >= 15 is 0 Å². The van der Waals surface area contributed by atoms with Crippen molar-refractivity contribution in [2.45, 2.75) is 38.6 Å². The largest absolute Gasteiger partial charge is 0.335 e. The number of hydrogen-bond acceptors (Lipinski definition) is 5. The lowest BCUT2D eigenvalue weighted by Crippen LogP contribution is -2.41.